The maximum atomic E-state index is 6.34. The number of guanidine groups is 1. The molecule has 0 unspecified atom stereocenters. The molecule has 0 aliphatic heterocycles. The Morgan fingerprint density at radius 2 is 1.69 bits per heavy atom. The van der Waals surface area contributed by atoms with Crippen LogP contribution in [0.5, 0.6) is 23.0 Å². The van der Waals surface area contributed by atoms with Gasteiger partial charge in [0.15, 0.2) is 29.0 Å². The van der Waals surface area contributed by atoms with Gasteiger partial charge in [-0.05, 0) is 43.7 Å². The first-order chi connectivity index (χ1) is 14.1. The molecule has 0 atom stereocenters. The normalized spacial score (nSPS) is 11.0. The maximum absolute atomic E-state index is 6.34. The summed E-state index contributed by atoms with van der Waals surface area (Å²) in [6.07, 6.45) is 0. The Morgan fingerprint density at radius 3 is 2.31 bits per heavy atom. The number of nitrogens with one attached hydrogen (secondary N) is 2. The highest BCUT2D eigenvalue weighted by molar-refractivity contribution is 6.32. The average molecular weight is 422 g/mol. The number of hydrogen-bond donors (Lipinski definition) is 2. The number of ether oxygens (including phenoxy) is 4. The van der Waals surface area contributed by atoms with Crippen LogP contribution in [0.1, 0.15) is 19.4 Å². The van der Waals surface area contributed by atoms with Crippen molar-refractivity contribution in [1.82, 2.24) is 5.32 Å². The molecule has 2 N–H and O–H groups in total. The van der Waals surface area contributed by atoms with Gasteiger partial charge in [-0.15, -0.1) is 0 Å². The van der Waals surface area contributed by atoms with E-state index in [9.17, 15) is 0 Å². The number of methoxy groups -OCH3 is 2. The van der Waals surface area contributed by atoms with Gasteiger partial charge in [-0.2, -0.15) is 0 Å². The summed E-state index contributed by atoms with van der Waals surface area (Å²) in [6.45, 7) is 5.41. The molecule has 0 saturated carbocycles. The fourth-order valence-corrected chi connectivity index (χ4v) is 2.97. The Hall–Kier alpha value is -2.80. The van der Waals surface area contributed by atoms with Crippen LogP contribution in [0.3, 0.4) is 0 Å². The molecular weight excluding hydrogens is 394 g/mol. The minimum atomic E-state index is 0.496. The lowest BCUT2D eigenvalue weighted by molar-refractivity contribution is 0.311. The summed E-state index contributed by atoms with van der Waals surface area (Å²) in [5.74, 6) is 3.08. The van der Waals surface area contributed by atoms with Crippen molar-refractivity contribution in [3.63, 3.8) is 0 Å². The van der Waals surface area contributed by atoms with E-state index in [1.54, 1.807) is 21.3 Å². The van der Waals surface area contributed by atoms with Crippen molar-refractivity contribution in [3.8, 4) is 23.0 Å². The quantitative estimate of drug-likeness (QED) is 0.463. The summed E-state index contributed by atoms with van der Waals surface area (Å²) in [4.78, 5) is 4.26. The number of halogens is 1. The van der Waals surface area contributed by atoms with Gasteiger partial charge in [0, 0.05) is 25.3 Å². The molecular formula is C21H28ClN3O4. The van der Waals surface area contributed by atoms with E-state index in [0.29, 0.717) is 53.7 Å². The number of rotatable bonds is 9. The first-order valence-electron chi connectivity index (χ1n) is 9.33. The van der Waals surface area contributed by atoms with E-state index in [4.69, 9.17) is 30.5 Å². The van der Waals surface area contributed by atoms with Gasteiger partial charge >= 0.3 is 0 Å². The topological polar surface area (TPSA) is 73.3 Å². The lowest BCUT2D eigenvalue weighted by Gasteiger charge is -2.16. The van der Waals surface area contributed by atoms with Crippen molar-refractivity contribution in [2.24, 2.45) is 4.99 Å². The number of anilines is 1. The van der Waals surface area contributed by atoms with E-state index in [2.05, 4.69) is 15.6 Å². The van der Waals surface area contributed by atoms with Crippen molar-refractivity contribution in [2.45, 2.75) is 20.4 Å². The van der Waals surface area contributed by atoms with E-state index >= 15 is 0 Å². The molecule has 0 aliphatic rings. The summed E-state index contributed by atoms with van der Waals surface area (Å²) < 4.78 is 21.9. The molecule has 0 bridgehead atoms. The van der Waals surface area contributed by atoms with Gasteiger partial charge < -0.3 is 29.6 Å². The van der Waals surface area contributed by atoms with Gasteiger partial charge in [0.25, 0.3) is 0 Å². The highest BCUT2D eigenvalue weighted by Crippen LogP contribution is 2.36. The fraction of sp³-hybridized carbons (Fsp3) is 0.381. The molecule has 0 heterocycles. The van der Waals surface area contributed by atoms with E-state index in [-0.39, 0.29) is 0 Å². The van der Waals surface area contributed by atoms with Crippen LogP contribution < -0.4 is 29.6 Å². The molecule has 29 heavy (non-hydrogen) atoms. The number of nitrogens with zero attached hydrogens (tertiary/aromatic N) is 1. The Morgan fingerprint density at radius 1 is 0.966 bits per heavy atom. The standard InChI is InChI=1S/C21H28ClN3O4/c1-6-28-17-9-8-15(12-18(17)26-4)25-21(23-3)24-13-14-10-16(22)20(29-7-2)19(11-14)27-5/h8-12H,6-7,13H2,1-5H3,(H2,23,24,25). The van der Waals surface area contributed by atoms with Gasteiger partial charge in [0.1, 0.15) is 0 Å². The van der Waals surface area contributed by atoms with E-state index in [1.807, 2.05) is 44.2 Å². The molecule has 2 aromatic carbocycles. The van der Waals surface area contributed by atoms with Crippen LogP contribution in [-0.4, -0.2) is 40.4 Å². The van der Waals surface area contributed by atoms with E-state index < -0.39 is 0 Å². The van der Waals surface area contributed by atoms with Crippen LogP contribution in [0, 0.1) is 0 Å². The minimum Gasteiger partial charge on any atom is -0.493 e. The van der Waals surface area contributed by atoms with E-state index in [1.165, 1.54) is 0 Å². The lowest BCUT2D eigenvalue weighted by atomic mass is 10.2. The van der Waals surface area contributed by atoms with Crippen molar-refractivity contribution in [2.75, 3.05) is 39.8 Å². The van der Waals surface area contributed by atoms with Crippen molar-refractivity contribution in [3.05, 3.63) is 40.9 Å². The molecule has 0 spiro atoms. The third-order valence-electron chi connectivity index (χ3n) is 3.99. The summed E-state index contributed by atoms with van der Waals surface area (Å²) in [5.41, 5.74) is 1.75. The Balaban J connectivity index is 2.09. The molecule has 0 radical (unpaired) electrons. The van der Waals surface area contributed by atoms with Crippen LogP contribution in [0.15, 0.2) is 35.3 Å². The van der Waals surface area contributed by atoms with Crippen molar-refractivity contribution >= 4 is 23.2 Å². The smallest absolute Gasteiger partial charge is 0.195 e. The predicted molar refractivity (Wildman–Crippen MR) is 117 cm³/mol. The Bertz CT molecular complexity index is 843. The van der Waals surface area contributed by atoms with Crippen LogP contribution in [0.2, 0.25) is 5.02 Å². The molecule has 0 aromatic heterocycles. The van der Waals surface area contributed by atoms with Gasteiger partial charge in [-0.25, -0.2) is 0 Å². The highest BCUT2D eigenvalue weighted by atomic mass is 35.5. The van der Waals surface area contributed by atoms with E-state index in [0.717, 1.165) is 11.3 Å². The van der Waals surface area contributed by atoms with Crippen molar-refractivity contribution in [1.29, 1.82) is 0 Å². The third-order valence-corrected chi connectivity index (χ3v) is 4.27. The molecule has 0 amide bonds. The monoisotopic (exact) mass is 421 g/mol. The average Bonchev–Trinajstić information content (AvgIpc) is 2.73. The highest BCUT2D eigenvalue weighted by Gasteiger charge is 2.12. The fourth-order valence-electron chi connectivity index (χ4n) is 2.68. The molecule has 2 aromatic rings. The molecule has 8 heteroatoms. The third kappa shape index (κ3) is 6.09. The predicted octanol–water partition coefficient (Wildman–Crippen LogP) is 4.34. The molecule has 158 valence electrons. The number of hydrogen-bond acceptors (Lipinski definition) is 5. The summed E-state index contributed by atoms with van der Waals surface area (Å²) in [5, 5.41) is 6.99. The van der Waals surface area contributed by atoms with Crippen LogP contribution in [0.25, 0.3) is 0 Å². The SMILES string of the molecule is CCOc1ccc(NC(=NC)NCc2cc(Cl)c(OCC)c(OC)c2)cc1OC. The van der Waals surface area contributed by atoms with Crippen LogP contribution in [0.4, 0.5) is 5.69 Å². The van der Waals surface area contributed by atoms with Crippen LogP contribution in [-0.2, 0) is 6.54 Å². The van der Waals surface area contributed by atoms with Gasteiger partial charge in [-0.1, -0.05) is 11.6 Å². The molecule has 0 fully saturated rings. The second-order valence-corrected chi connectivity index (χ2v) is 6.30. The molecule has 0 saturated heterocycles. The van der Waals surface area contributed by atoms with Gasteiger partial charge in [0.2, 0.25) is 0 Å². The zero-order valence-electron chi connectivity index (χ0n) is 17.5. The zero-order chi connectivity index (χ0) is 21.2. The lowest BCUT2D eigenvalue weighted by Crippen LogP contribution is -2.30. The number of aliphatic imine (C=N–C) groups is 1. The molecule has 7 nitrogen and oxygen atoms in total. The molecule has 2 rings (SSSR count). The summed E-state index contributed by atoms with van der Waals surface area (Å²) in [6, 6.07) is 9.34. The second kappa shape index (κ2) is 11.3. The second-order valence-electron chi connectivity index (χ2n) is 5.89. The minimum absolute atomic E-state index is 0.496. The van der Waals surface area contributed by atoms with Crippen LogP contribution >= 0.6 is 11.6 Å². The summed E-state index contributed by atoms with van der Waals surface area (Å²) in [7, 11) is 4.90. The zero-order valence-corrected chi connectivity index (χ0v) is 18.2. The van der Waals surface area contributed by atoms with Crippen molar-refractivity contribution < 1.29 is 18.9 Å². The number of benzene rings is 2. The Labute approximate surface area is 177 Å². The summed E-state index contributed by atoms with van der Waals surface area (Å²) >= 11 is 6.34. The first-order valence-corrected chi connectivity index (χ1v) is 9.71. The first kappa shape index (κ1) is 22.5. The molecule has 0 aliphatic carbocycles. The largest absolute Gasteiger partial charge is 0.493 e. The Kier molecular flexibility index (Phi) is 8.73. The maximum Gasteiger partial charge on any atom is 0.195 e. The van der Waals surface area contributed by atoms with Gasteiger partial charge in [-0.3, -0.25) is 4.99 Å². The van der Waals surface area contributed by atoms with Gasteiger partial charge in [0.05, 0.1) is 32.5 Å².